The Kier molecular flexibility index (Phi) is 5.06. The summed E-state index contributed by atoms with van der Waals surface area (Å²) >= 11 is 0. The highest BCUT2D eigenvalue weighted by Gasteiger charge is 2.24. The Morgan fingerprint density at radius 3 is 2.75 bits per heavy atom. The van der Waals surface area contributed by atoms with Gasteiger partial charge in [-0.05, 0) is 50.8 Å². The zero-order chi connectivity index (χ0) is 14.5. The fraction of sp³-hybridized carbons (Fsp3) is 0.600. The molecule has 0 bridgehead atoms. The van der Waals surface area contributed by atoms with Gasteiger partial charge in [-0.1, -0.05) is 12.8 Å². The highest BCUT2D eigenvalue weighted by Crippen LogP contribution is 2.30. The highest BCUT2D eigenvalue weighted by atomic mass is 19.1. The van der Waals surface area contributed by atoms with Crippen LogP contribution in [0.4, 0.5) is 10.1 Å². The van der Waals surface area contributed by atoms with Crippen molar-refractivity contribution < 1.29 is 9.31 Å². The van der Waals surface area contributed by atoms with Crippen LogP contribution in [0, 0.1) is 21.8 Å². The molecule has 0 aromatic heterocycles. The molecular weight excluding hydrogens is 259 g/mol. The molecule has 0 amide bonds. The van der Waals surface area contributed by atoms with Crippen molar-refractivity contribution in [2.45, 2.75) is 44.6 Å². The van der Waals surface area contributed by atoms with Gasteiger partial charge in [0.2, 0.25) is 0 Å². The summed E-state index contributed by atoms with van der Waals surface area (Å²) in [7, 11) is 1.93. The zero-order valence-corrected chi connectivity index (χ0v) is 11.8. The van der Waals surface area contributed by atoms with E-state index in [4.69, 9.17) is 0 Å². The lowest BCUT2D eigenvalue weighted by Gasteiger charge is -2.22. The molecule has 2 rings (SSSR count). The van der Waals surface area contributed by atoms with Crippen molar-refractivity contribution in [3.8, 4) is 0 Å². The van der Waals surface area contributed by atoms with Crippen molar-refractivity contribution in [1.29, 1.82) is 0 Å². The van der Waals surface area contributed by atoms with Gasteiger partial charge in [0.05, 0.1) is 4.92 Å². The molecule has 1 saturated carbocycles. The fourth-order valence-corrected chi connectivity index (χ4v) is 3.22. The minimum absolute atomic E-state index is 0.0210. The molecule has 0 heterocycles. The molecule has 5 heteroatoms. The summed E-state index contributed by atoms with van der Waals surface area (Å²) in [6, 6.07) is 4.06. The van der Waals surface area contributed by atoms with E-state index in [-0.39, 0.29) is 5.69 Å². The molecule has 1 N–H and O–H groups in total. The van der Waals surface area contributed by atoms with Crippen molar-refractivity contribution >= 4 is 5.69 Å². The summed E-state index contributed by atoms with van der Waals surface area (Å²) in [5.41, 5.74) is 0.515. The predicted molar refractivity (Wildman–Crippen MR) is 76.2 cm³/mol. The standard InChI is InChI=1S/C15H21FN2O2/c1-17-14(11-4-2-3-5-11)8-6-12-10-13(16)7-9-15(12)18(19)20/h7,9-11,14,17H,2-6,8H2,1H3. The van der Waals surface area contributed by atoms with Crippen LogP contribution >= 0.6 is 0 Å². The Morgan fingerprint density at radius 2 is 2.15 bits per heavy atom. The van der Waals surface area contributed by atoms with E-state index in [1.807, 2.05) is 7.05 Å². The first kappa shape index (κ1) is 14.9. The Balaban J connectivity index is 2.05. The lowest BCUT2D eigenvalue weighted by atomic mass is 9.92. The third kappa shape index (κ3) is 3.54. The molecular formula is C15H21FN2O2. The number of hydrogen-bond acceptors (Lipinski definition) is 3. The number of benzene rings is 1. The second-order valence-corrected chi connectivity index (χ2v) is 5.51. The summed E-state index contributed by atoms with van der Waals surface area (Å²) in [4.78, 5) is 10.5. The number of nitrogens with one attached hydrogen (secondary N) is 1. The Labute approximate surface area is 118 Å². The molecule has 1 fully saturated rings. The monoisotopic (exact) mass is 280 g/mol. The molecule has 4 nitrogen and oxygen atoms in total. The van der Waals surface area contributed by atoms with Crippen LogP contribution in [-0.2, 0) is 6.42 Å². The molecule has 1 aliphatic rings. The SMILES string of the molecule is CNC(CCc1cc(F)ccc1[N+](=O)[O-])C1CCCC1. The topological polar surface area (TPSA) is 55.2 Å². The Morgan fingerprint density at radius 1 is 1.45 bits per heavy atom. The van der Waals surface area contributed by atoms with Crippen molar-refractivity contribution in [3.05, 3.63) is 39.7 Å². The number of halogens is 1. The number of nitro groups is 1. The van der Waals surface area contributed by atoms with Gasteiger partial charge in [-0.3, -0.25) is 10.1 Å². The maximum absolute atomic E-state index is 13.3. The average Bonchev–Trinajstić information content (AvgIpc) is 2.93. The van der Waals surface area contributed by atoms with Crippen molar-refractivity contribution in [1.82, 2.24) is 5.32 Å². The second kappa shape index (κ2) is 6.79. The molecule has 1 aromatic rings. The van der Waals surface area contributed by atoms with Gasteiger partial charge >= 0.3 is 0 Å². The van der Waals surface area contributed by atoms with Crippen molar-refractivity contribution in [2.75, 3.05) is 7.05 Å². The van der Waals surface area contributed by atoms with Crippen LogP contribution in [0.15, 0.2) is 18.2 Å². The molecule has 1 aromatic carbocycles. The minimum atomic E-state index is -0.432. The van der Waals surface area contributed by atoms with E-state index in [0.29, 0.717) is 23.9 Å². The zero-order valence-electron chi connectivity index (χ0n) is 11.8. The lowest BCUT2D eigenvalue weighted by molar-refractivity contribution is -0.385. The van der Waals surface area contributed by atoms with Crippen molar-refractivity contribution in [2.24, 2.45) is 5.92 Å². The average molecular weight is 280 g/mol. The number of nitrogens with zero attached hydrogens (tertiary/aromatic N) is 1. The molecule has 0 radical (unpaired) electrons. The molecule has 1 aliphatic carbocycles. The number of hydrogen-bond donors (Lipinski definition) is 1. The largest absolute Gasteiger partial charge is 0.317 e. The number of aryl methyl sites for hydroxylation is 1. The molecule has 1 unspecified atom stereocenters. The quantitative estimate of drug-likeness (QED) is 0.641. The van der Waals surface area contributed by atoms with Crippen LogP contribution in [-0.4, -0.2) is 18.0 Å². The van der Waals surface area contributed by atoms with Gasteiger partial charge in [-0.2, -0.15) is 0 Å². The van der Waals surface area contributed by atoms with Crippen LogP contribution in [0.1, 0.15) is 37.7 Å². The van der Waals surface area contributed by atoms with Crippen LogP contribution in [0.25, 0.3) is 0 Å². The molecule has 1 atom stereocenters. The summed E-state index contributed by atoms with van der Waals surface area (Å²) in [6.07, 6.45) is 6.32. The number of nitro benzene ring substituents is 1. The summed E-state index contributed by atoms with van der Waals surface area (Å²) in [6.45, 7) is 0. The van der Waals surface area contributed by atoms with Gasteiger partial charge in [-0.25, -0.2) is 4.39 Å². The van der Waals surface area contributed by atoms with Crippen molar-refractivity contribution in [3.63, 3.8) is 0 Å². The van der Waals surface area contributed by atoms with Gasteiger partial charge in [-0.15, -0.1) is 0 Å². The highest BCUT2D eigenvalue weighted by molar-refractivity contribution is 5.40. The third-order valence-corrected chi connectivity index (χ3v) is 4.30. The molecule has 110 valence electrons. The maximum atomic E-state index is 13.3. The first-order chi connectivity index (χ1) is 9.61. The minimum Gasteiger partial charge on any atom is -0.317 e. The van der Waals surface area contributed by atoms with Gasteiger partial charge < -0.3 is 5.32 Å². The smallest absolute Gasteiger partial charge is 0.272 e. The predicted octanol–water partition coefficient (Wildman–Crippen LogP) is 3.44. The lowest BCUT2D eigenvalue weighted by Crippen LogP contribution is -2.32. The van der Waals surface area contributed by atoms with Gasteiger partial charge in [0.25, 0.3) is 5.69 Å². The third-order valence-electron chi connectivity index (χ3n) is 4.30. The van der Waals surface area contributed by atoms with E-state index in [2.05, 4.69) is 5.32 Å². The van der Waals surface area contributed by atoms with E-state index in [1.54, 1.807) is 0 Å². The second-order valence-electron chi connectivity index (χ2n) is 5.51. The normalized spacial score (nSPS) is 17.3. The molecule has 20 heavy (non-hydrogen) atoms. The first-order valence-corrected chi connectivity index (χ1v) is 7.22. The molecule has 0 aliphatic heterocycles. The summed E-state index contributed by atoms with van der Waals surface area (Å²) in [5.74, 6) is 0.236. The van der Waals surface area contributed by atoms with Gasteiger partial charge in [0.1, 0.15) is 5.82 Å². The van der Waals surface area contributed by atoms with E-state index in [9.17, 15) is 14.5 Å². The van der Waals surface area contributed by atoms with Crippen LogP contribution < -0.4 is 5.32 Å². The Bertz CT molecular complexity index is 473. The van der Waals surface area contributed by atoms with E-state index in [1.165, 1.54) is 37.8 Å². The van der Waals surface area contributed by atoms with Crippen LogP contribution in [0.3, 0.4) is 0 Å². The summed E-state index contributed by atoms with van der Waals surface area (Å²) in [5, 5.41) is 14.3. The molecule has 0 saturated heterocycles. The maximum Gasteiger partial charge on any atom is 0.272 e. The van der Waals surface area contributed by atoms with Crippen LogP contribution in [0.5, 0.6) is 0 Å². The van der Waals surface area contributed by atoms with E-state index >= 15 is 0 Å². The van der Waals surface area contributed by atoms with Gasteiger partial charge in [0.15, 0.2) is 0 Å². The summed E-state index contributed by atoms with van der Waals surface area (Å²) < 4.78 is 13.3. The Hall–Kier alpha value is -1.49. The van der Waals surface area contributed by atoms with Gasteiger partial charge in [0, 0.05) is 17.7 Å². The van der Waals surface area contributed by atoms with E-state index < -0.39 is 10.7 Å². The first-order valence-electron chi connectivity index (χ1n) is 7.22. The number of rotatable bonds is 6. The van der Waals surface area contributed by atoms with E-state index in [0.717, 1.165) is 12.5 Å². The molecule has 0 spiro atoms. The van der Waals surface area contributed by atoms with Crippen LogP contribution in [0.2, 0.25) is 0 Å². The fourth-order valence-electron chi connectivity index (χ4n) is 3.22.